The Bertz CT molecular complexity index is 648. The third kappa shape index (κ3) is 10.4. The van der Waals surface area contributed by atoms with Gasteiger partial charge in [-0.3, -0.25) is 0 Å². The van der Waals surface area contributed by atoms with Gasteiger partial charge in [-0.1, -0.05) is 90.2 Å². The molecule has 2 fully saturated rings. The molecular weight excluding hydrogens is 416 g/mol. The van der Waals surface area contributed by atoms with Crippen LogP contribution in [0, 0.1) is 23.7 Å². The number of hydrogen-bond acceptors (Lipinski definition) is 2. The zero-order valence-corrected chi connectivity index (χ0v) is 22.3. The van der Waals surface area contributed by atoms with E-state index in [-0.39, 0.29) is 0 Å². The zero-order valence-electron chi connectivity index (χ0n) is 22.3. The Morgan fingerprint density at radius 2 is 1.15 bits per heavy atom. The number of allylic oxidation sites excluding steroid dienone is 1. The summed E-state index contributed by atoms with van der Waals surface area (Å²) in [7, 11) is 0. The van der Waals surface area contributed by atoms with Gasteiger partial charge in [-0.2, -0.15) is 0 Å². The molecule has 0 unspecified atom stereocenters. The molecule has 34 heavy (non-hydrogen) atoms. The zero-order chi connectivity index (χ0) is 23.8. The molecule has 0 bridgehead atoms. The molecule has 2 aliphatic rings. The van der Waals surface area contributed by atoms with Crippen molar-refractivity contribution in [3.8, 4) is 11.5 Å². The molecule has 0 N–H and O–H groups in total. The highest BCUT2D eigenvalue weighted by molar-refractivity contribution is 5.31. The maximum atomic E-state index is 6.11. The summed E-state index contributed by atoms with van der Waals surface area (Å²) in [5.74, 6) is 5.36. The molecule has 0 atom stereocenters. The highest BCUT2D eigenvalue weighted by atomic mass is 16.5. The second-order valence-electron chi connectivity index (χ2n) is 11.2. The van der Waals surface area contributed by atoms with Crippen LogP contribution >= 0.6 is 0 Å². The Kier molecular flexibility index (Phi) is 13.0. The lowest BCUT2D eigenvalue weighted by Crippen LogP contribution is -2.20. The lowest BCUT2D eigenvalue weighted by Gasteiger charge is -2.28. The summed E-state index contributed by atoms with van der Waals surface area (Å²) >= 11 is 0. The minimum atomic E-state index is 0.665. The van der Waals surface area contributed by atoms with Crippen molar-refractivity contribution in [3.05, 3.63) is 36.4 Å². The second-order valence-corrected chi connectivity index (χ2v) is 11.2. The van der Waals surface area contributed by atoms with Gasteiger partial charge in [-0.05, 0) is 86.5 Å². The summed E-state index contributed by atoms with van der Waals surface area (Å²) in [6.45, 7) is 6.13. The standard InChI is InChI=1S/C32H52O2/c1-3-5-7-10-27-13-15-29(16-14-27)12-9-25-33-31-21-23-32(24-22-31)34-26-30-19-17-28(18-20-30)11-8-6-4-2/h9,12,21-24,27-30H,3-8,10-11,13-20,25-26H2,1-2H3/b12-9+/t27-,28-,29-,30-. The molecule has 1 aromatic carbocycles. The molecule has 0 aromatic heterocycles. The smallest absolute Gasteiger partial charge is 0.120 e. The fourth-order valence-corrected chi connectivity index (χ4v) is 5.96. The maximum Gasteiger partial charge on any atom is 0.120 e. The third-order valence-corrected chi connectivity index (χ3v) is 8.35. The summed E-state index contributed by atoms with van der Waals surface area (Å²) in [6.07, 6.45) is 26.9. The van der Waals surface area contributed by atoms with Crippen LogP contribution in [0.4, 0.5) is 0 Å². The SMILES string of the molecule is CCCCC[C@H]1CC[C@H](/C=C/COc2ccc(OC[C@H]3CC[C@H](CCCCC)CC3)cc2)CC1. The molecule has 192 valence electrons. The van der Waals surface area contributed by atoms with Crippen LogP contribution in [0.15, 0.2) is 36.4 Å². The Hall–Kier alpha value is -1.44. The van der Waals surface area contributed by atoms with Crippen LogP contribution in [0.3, 0.4) is 0 Å². The largest absolute Gasteiger partial charge is 0.493 e. The average molecular weight is 469 g/mol. The van der Waals surface area contributed by atoms with E-state index in [2.05, 4.69) is 50.3 Å². The van der Waals surface area contributed by atoms with E-state index in [0.717, 1.165) is 41.8 Å². The molecule has 0 aliphatic heterocycles. The van der Waals surface area contributed by atoms with Crippen LogP contribution < -0.4 is 9.47 Å². The van der Waals surface area contributed by atoms with E-state index in [4.69, 9.17) is 9.47 Å². The molecular formula is C32H52O2. The lowest BCUT2D eigenvalue weighted by atomic mass is 9.79. The fraction of sp³-hybridized carbons (Fsp3) is 0.750. The third-order valence-electron chi connectivity index (χ3n) is 8.35. The van der Waals surface area contributed by atoms with E-state index < -0.39 is 0 Å². The first kappa shape index (κ1) is 27.2. The normalized spacial score (nSPS) is 25.5. The first-order chi connectivity index (χ1) is 16.8. The van der Waals surface area contributed by atoms with Gasteiger partial charge < -0.3 is 9.47 Å². The average Bonchev–Trinajstić information content (AvgIpc) is 2.88. The molecule has 2 heteroatoms. The van der Waals surface area contributed by atoms with Crippen molar-refractivity contribution in [2.45, 2.75) is 117 Å². The first-order valence-corrected chi connectivity index (χ1v) is 14.8. The van der Waals surface area contributed by atoms with Crippen molar-refractivity contribution in [1.82, 2.24) is 0 Å². The summed E-state index contributed by atoms with van der Waals surface area (Å²) in [4.78, 5) is 0. The van der Waals surface area contributed by atoms with E-state index >= 15 is 0 Å². The summed E-state index contributed by atoms with van der Waals surface area (Å²) in [5, 5.41) is 0. The van der Waals surface area contributed by atoms with Gasteiger partial charge in [0.25, 0.3) is 0 Å². The number of rotatable bonds is 15. The molecule has 2 nitrogen and oxygen atoms in total. The molecule has 3 rings (SSSR count). The first-order valence-electron chi connectivity index (χ1n) is 14.8. The van der Waals surface area contributed by atoms with Gasteiger partial charge in [0.2, 0.25) is 0 Å². The molecule has 0 radical (unpaired) electrons. The van der Waals surface area contributed by atoms with Gasteiger partial charge in [-0.15, -0.1) is 0 Å². The minimum Gasteiger partial charge on any atom is -0.493 e. The Morgan fingerprint density at radius 3 is 1.71 bits per heavy atom. The molecule has 0 saturated heterocycles. The van der Waals surface area contributed by atoms with Gasteiger partial charge in [0.15, 0.2) is 0 Å². The molecule has 2 aliphatic carbocycles. The van der Waals surface area contributed by atoms with Crippen molar-refractivity contribution in [1.29, 1.82) is 0 Å². The minimum absolute atomic E-state index is 0.665. The lowest BCUT2D eigenvalue weighted by molar-refractivity contribution is 0.177. The van der Waals surface area contributed by atoms with E-state index in [1.165, 1.54) is 103 Å². The summed E-state index contributed by atoms with van der Waals surface area (Å²) < 4.78 is 12.1. The van der Waals surface area contributed by atoms with E-state index in [1.807, 2.05) is 0 Å². The maximum absolute atomic E-state index is 6.11. The van der Waals surface area contributed by atoms with Gasteiger partial charge in [0, 0.05) is 0 Å². The van der Waals surface area contributed by atoms with Crippen LogP contribution in [0.25, 0.3) is 0 Å². The van der Waals surface area contributed by atoms with Crippen LogP contribution in [0.1, 0.15) is 117 Å². The summed E-state index contributed by atoms with van der Waals surface area (Å²) in [5.41, 5.74) is 0. The van der Waals surface area contributed by atoms with Crippen LogP contribution in [0.2, 0.25) is 0 Å². The van der Waals surface area contributed by atoms with Crippen molar-refractivity contribution < 1.29 is 9.47 Å². The number of benzene rings is 1. The van der Waals surface area contributed by atoms with Crippen molar-refractivity contribution in [2.75, 3.05) is 13.2 Å². The Balaban J connectivity index is 1.25. The van der Waals surface area contributed by atoms with E-state index in [9.17, 15) is 0 Å². The van der Waals surface area contributed by atoms with Gasteiger partial charge in [0.1, 0.15) is 18.1 Å². The van der Waals surface area contributed by atoms with E-state index in [1.54, 1.807) is 0 Å². The van der Waals surface area contributed by atoms with Crippen LogP contribution in [0.5, 0.6) is 11.5 Å². The highest BCUT2D eigenvalue weighted by Crippen LogP contribution is 2.33. The molecule has 0 heterocycles. The molecule has 1 aromatic rings. The van der Waals surface area contributed by atoms with Crippen molar-refractivity contribution in [3.63, 3.8) is 0 Å². The van der Waals surface area contributed by atoms with Crippen LogP contribution in [-0.4, -0.2) is 13.2 Å². The number of unbranched alkanes of at least 4 members (excludes halogenated alkanes) is 4. The predicted molar refractivity (Wildman–Crippen MR) is 146 cm³/mol. The molecule has 0 amide bonds. The Morgan fingerprint density at radius 1 is 0.647 bits per heavy atom. The van der Waals surface area contributed by atoms with Crippen LogP contribution in [-0.2, 0) is 0 Å². The Labute approximate surface area is 210 Å². The quantitative estimate of drug-likeness (QED) is 0.188. The second kappa shape index (κ2) is 16.3. The van der Waals surface area contributed by atoms with Gasteiger partial charge >= 0.3 is 0 Å². The van der Waals surface area contributed by atoms with Gasteiger partial charge in [-0.25, -0.2) is 0 Å². The highest BCUT2D eigenvalue weighted by Gasteiger charge is 2.21. The van der Waals surface area contributed by atoms with E-state index in [0.29, 0.717) is 6.61 Å². The number of hydrogen-bond donors (Lipinski definition) is 0. The predicted octanol–water partition coefficient (Wildman–Crippen LogP) is 9.77. The van der Waals surface area contributed by atoms with Crippen molar-refractivity contribution in [2.24, 2.45) is 23.7 Å². The number of ether oxygens (including phenoxy) is 2. The topological polar surface area (TPSA) is 18.5 Å². The fourth-order valence-electron chi connectivity index (χ4n) is 5.96. The summed E-state index contributed by atoms with van der Waals surface area (Å²) in [6, 6.07) is 8.23. The molecule has 0 spiro atoms. The van der Waals surface area contributed by atoms with Gasteiger partial charge in [0.05, 0.1) is 6.61 Å². The van der Waals surface area contributed by atoms with Crippen molar-refractivity contribution >= 4 is 0 Å². The molecule has 2 saturated carbocycles. The monoisotopic (exact) mass is 468 g/mol.